The Morgan fingerprint density at radius 1 is 1.44 bits per heavy atom. The predicted molar refractivity (Wildman–Crippen MR) is 79.6 cm³/mol. The molecule has 18 heavy (non-hydrogen) atoms. The molecule has 0 fully saturated rings. The fraction of sp³-hybridized carbons (Fsp3) is 0.200. The van der Waals surface area contributed by atoms with Crippen molar-refractivity contribution >= 4 is 11.8 Å². The minimum atomic E-state index is -0.0408. The summed E-state index contributed by atoms with van der Waals surface area (Å²) in [7, 11) is 1.93. The van der Waals surface area contributed by atoms with Gasteiger partial charge in [-0.2, -0.15) is 0 Å². The molecule has 0 aliphatic heterocycles. The van der Waals surface area contributed by atoms with Gasteiger partial charge in [-0.05, 0) is 30.3 Å². The third-order valence-corrected chi connectivity index (χ3v) is 3.63. The van der Waals surface area contributed by atoms with E-state index in [-0.39, 0.29) is 6.61 Å². The van der Waals surface area contributed by atoms with Crippen LogP contribution in [0.25, 0.3) is 0 Å². The molecule has 0 radical (unpaired) electrons. The zero-order valence-corrected chi connectivity index (χ0v) is 11.5. The van der Waals surface area contributed by atoms with E-state index in [2.05, 4.69) is 30.6 Å². The molecule has 1 aromatic rings. The van der Waals surface area contributed by atoms with Crippen molar-refractivity contribution in [2.75, 3.05) is 13.7 Å². The summed E-state index contributed by atoms with van der Waals surface area (Å²) in [6, 6.07) is 8.19. The Morgan fingerprint density at radius 2 is 2.17 bits per heavy atom. The lowest BCUT2D eigenvalue weighted by Gasteiger charge is -2.11. The van der Waals surface area contributed by atoms with Gasteiger partial charge < -0.3 is 10.4 Å². The third kappa shape index (κ3) is 4.18. The van der Waals surface area contributed by atoms with E-state index >= 15 is 0 Å². The number of hydrogen-bond acceptors (Lipinski definition) is 3. The second-order valence-electron chi connectivity index (χ2n) is 3.77. The van der Waals surface area contributed by atoms with Gasteiger partial charge in [0.05, 0.1) is 6.61 Å². The number of thioether (sulfide) groups is 1. The first-order valence-corrected chi connectivity index (χ1v) is 6.56. The van der Waals surface area contributed by atoms with E-state index in [1.165, 1.54) is 5.56 Å². The number of hydrogen-bond donors (Lipinski definition) is 2. The average molecular weight is 261 g/mol. The molecular weight excluding hydrogens is 242 g/mol. The second-order valence-corrected chi connectivity index (χ2v) is 4.85. The quantitative estimate of drug-likeness (QED) is 0.584. The zero-order valence-electron chi connectivity index (χ0n) is 10.6. The Bertz CT molecular complexity index is 452. The standard InChI is InChI=1S/C15H19NOS/c1-4-7-14(12(2)11-17)18-15-9-6-5-8-13(15)10-16-3/h4-9,16-17H,1-2,10-11H2,3H3/b14-7+. The van der Waals surface area contributed by atoms with Crippen molar-refractivity contribution in [1.29, 1.82) is 0 Å². The summed E-state index contributed by atoms with van der Waals surface area (Å²) in [6.45, 7) is 8.33. The third-order valence-electron chi connectivity index (χ3n) is 2.37. The minimum absolute atomic E-state index is 0.0408. The van der Waals surface area contributed by atoms with Gasteiger partial charge in [0.1, 0.15) is 0 Å². The highest BCUT2D eigenvalue weighted by Crippen LogP contribution is 2.33. The van der Waals surface area contributed by atoms with Gasteiger partial charge in [-0.25, -0.2) is 0 Å². The fourth-order valence-electron chi connectivity index (χ4n) is 1.47. The van der Waals surface area contributed by atoms with Crippen LogP contribution < -0.4 is 5.32 Å². The molecule has 96 valence electrons. The Hall–Kier alpha value is -1.29. The number of allylic oxidation sites excluding steroid dienone is 2. The maximum atomic E-state index is 9.18. The summed E-state index contributed by atoms with van der Waals surface area (Å²) in [5.41, 5.74) is 1.94. The van der Waals surface area contributed by atoms with Gasteiger partial charge in [-0.15, -0.1) is 0 Å². The van der Waals surface area contributed by atoms with Crippen molar-refractivity contribution in [3.8, 4) is 0 Å². The van der Waals surface area contributed by atoms with Crippen molar-refractivity contribution in [3.63, 3.8) is 0 Å². The lowest BCUT2D eigenvalue weighted by molar-refractivity contribution is 0.335. The average Bonchev–Trinajstić information content (AvgIpc) is 2.39. The number of rotatable bonds is 7. The largest absolute Gasteiger partial charge is 0.392 e. The fourth-order valence-corrected chi connectivity index (χ4v) is 2.50. The van der Waals surface area contributed by atoms with Gasteiger partial charge in [0.2, 0.25) is 0 Å². The molecule has 0 unspecified atom stereocenters. The predicted octanol–water partition coefficient (Wildman–Crippen LogP) is 3.12. The zero-order chi connectivity index (χ0) is 13.4. The van der Waals surface area contributed by atoms with Crippen LogP contribution in [-0.4, -0.2) is 18.8 Å². The van der Waals surface area contributed by atoms with Crippen molar-refractivity contribution in [1.82, 2.24) is 5.32 Å². The molecule has 1 aromatic carbocycles. The van der Waals surface area contributed by atoms with Crippen LogP contribution in [0.5, 0.6) is 0 Å². The van der Waals surface area contributed by atoms with E-state index in [9.17, 15) is 5.11 Å². The molecule has 3 heteroatoms. The highest BCUT2D eigenvalue weighted by molar-refractivity contribution is 8.03. The maximum absolute atomic E-state index is 9.18. The molecule has 0 spiro atoms. The van der Waals surface area contributed by atoms with Crippen LogP contribution in [0.2, 0.25) is 0 Å². The van der Waals surface area contributed by atoms with Gasteiger partial charge >= 0.3 is 0 Å². The highest BCUT2D eigenvalue weighted by Gasteiger charge is 2.07. The Labute approximate surface area is 113 Å². The molecule has 0 amide bonds. The molecule has 0 aliphatic carbocycles. The number of aliphatic hydroxyl groups excluding tert-OH is 1. The summed E-state index contributed by atoms with van der Waals surface area (Å²) in [4.78, 5) is 2.10. The highest BCUT2D eigenvalue weighted by atomic mass is 32.2. The molecule has 0 aliphatic rings. The molecule has 0 bridgehead atoms. The monoisotopic (exact) mass is 261 g/mol. The molecule has 0 aromatic heterocycles. The topological polar surface area (TPSA) is 32.3 Å². The number of benzene rings is 1. The molecule has 2 N–H and O–H groups in total. The molecule has 0 saturated heterocycles. The molecular formula is C15H19NOS. The maximum Gasteiger partial charge on any atom is 0.0687 e. The van der Waals surface area contributed by atoms with E-state index in [0.29, 0.717) is 5.57 Å². The smallest absolute Gasteiger partial charge is 0.0687 e. The van der Waals surface area contributed by atoms with E-state index in [0.717, 1.165) is 16.3 Å². The number of aliphatic hydroxyl groups is 1. The van der Waals surface area contributed by atoms with Crippen LogP contribution in [0.1, 0.15) is 5.56 Å². The van der Waals surface area contributed by atoms with Crippen LogP contribution in [0, 0.1) is 0 Å². The Kier molecular flexibility index (Phi) is 6.50. The lowest BCUT2D eigenvalue weighted by Crippen LogP contribution is -2.06. The van der Waals surface area contributed by atoms with Crippen molar-refractivity contribution in [2.45, 2.75) is 11.4 Å². The van der Waals surface area contributed by atoms with Crippen molar-refractivity contribution in [3.05, 3.63) is 65.6 Å². The van der Waals surface area contributed by atoms with Crippen LogP contribution in [-0.2, 0) is 6.54 Å². The number of nitrogens with one attached hydrogen (secondary N) is 1. The van der Waals surface area contributed by atoms with Crippen molar-refractivity contribution < 1.29 is 5.11 Å². The Balaban J connectivity index is 2.97. The molecule has 0 atom stereocenters. The molecule has 0 heterocycles. The van der Waals surface area contributed by atoms with E-state index < -0.39 is 0 Å². The van der Waals surface area contributed by atoms with Crippen LogP contribution in [0.15, 0.2) is 64.9 Å². The van der Waals surface area contributed by atoms with Gasteiger partial charge in [0.15, 0.2) is 0 Å². The lowest BCUT2D eigenvalue weighted by atomic mass is 10.2. The van der Waals surface area contributed by atoms with Gasteiger partial charge in [0.25, 0.3) is 0 Å². The van der Waals surface area contributed by atoms with E-state index in [4.69, 9.17) is 0 Å². The molecule has 2 nitrogen and oxygen atoms in total. The summed E-state index contributed by atoms with van der Waals surface area (Å²) in [5, 5.41) is 12.3. The SMILES string of the molecule is C=C/C=C(/Sc1ccccc1CNC)C(=C)CO. The van der Waals surface area contributed by atoms with Gasteiger partial charge in [0, 0.05) is 16.3 Å². The van der Waals surface area contributed by atoms with E-state index in [1.54, 1.807) is 17.8 Å². The van der Waals surface area contributed by atoms with Crippen molar-refractivity contribution in [2.24, 2.45) is 0 Å². The Morgan fingerprint density at radius 3 is 2.78 bits per heavy atom. The summed E-state index contributed by atoms with van der Waals surface area (Å²) in [5.74, 6) is 0. The van der Waals surface area contributed by atoms with Crippen LogP contribution in [0.3, 0.4) is 0 Å². The first kappa shape index (κ1) is 14.8. The van der Waals surface area contributed by atoms with E-state index in [1.807, 2.05) is 25.3 Å². The summed E-state index contributed by atoms with van der Waals surface area (Å²) in [6.07, 6.45) is 3.59. The molecule has 0 saturated carbocycles. The first-order chi connectivity index (χ1) is 8.72. The minimum Gasteiger partial charge on any atom is -0.392 e. The summed E-state index contributed by atoms with van der Waals surface area (Å²) < 4.78 is 0. The van der Waals surface area contributed by atoms with Crippen LogP contribution >= 0.6 is 11.8 Å². The van der Waals surface area contributed by atoms with Crippen LogP contribution in [0.4, 0.5) is 0 Å². The van der Waals surface area contributed by atoms with Gasteiger partial charge in [-0.3, -0.25) is 0 Å². The first-order valence-electron chi connectivity index (χ1n) is 5.75. The summed E-state index contributed by atoms with van der Waals surface area (Å²) >= 11 is 1.60. The second kappa shape index (κ2) is 7.93. The molecule has 1 rings (SSSR count). The van der Waals surface area contributed by atoms with Gasteiger partial charge in [-0.1, -0.05) is 49.2 Å². The normalized spacial score (nSPS) is 11.3.